The van der Waals surface area contributed by atoms with Crippen molar-refractivity contribution in [3.8, 4) is 0 Å². The van der Waals surface area contributed by atoms with Gasteiger partial charge in [-0.15, -0.1) is 0 Å². The molecule has 1 atom stereocenters. The van der Waals surface area contributed by atoms with Crippen molar-refractivity contribution in [2.75, 3.05) is 7.05 Å². The van der Waals surface area contributed by atoms with Gasteiger partial charge in [0.25, 0.3) is 0 Å². The summed E-state index contributed by atoms with van der Waals surface area (Å²) in [7, 11) is 1.96. The summed E-state index contributed by atoms with van der Waals surface area (Å²) in [6, 6.07) is 2.07. The van der Waals surface area contributed by atoms with Gasteiger partial charge in [0.1, 0.15) is 0 Å². The SMILES string of the molecule is CCC(C)Cn1nccc1CNC. The van der Waals surface area contributed by atoms with Crippen molar-refractivity contribution in [1.29, 1.82) is 0 Å². The Labute approximate surface area is 80.1 Å². The van der Waals surface area contributed by atoms with Crippen molar-refractivity contribution in [1.82, 2.24) is 15.1 Å². The van der Waals surface area contributed by atoms with Crippen molar-refractivity contribution >= 4 is 0 Å². The third-order valence-corrected chi connectivity index (χ3v) is 2.34. The summed E-state index contributed by atoms with van der Waals surface area (Å²) < 4.78 is 2.09. The van der Waals surface area contributed by atoms with Gasteiger partial charge in [-0.05, 0) is 19.0 Å². The molecule has 0 spiro atoms. The molecule has 0 aliphatic carbocycles. The lowest BCUT2D eigenvalue weighted by molar-refractivity contribution is 0.426. The molecule has 1 unspecified atom stereocenters. The number of nitrogens with one attached hydrogen (secondary N) is 1. The maximum absolute atomic E-state index is 4.30. The summed E-state index contributed by atoms with van der Waals surface area (Å²) in [5.41, 5.74) is 1.27. The van der Waals surface area contributed by atoms with Crippen LogP contribution in [0.3, 0.4) is 0 Å². The van der Waals surface area contributed by atoms with Gasteiger partial charge in [0, 0.05) is 19.3 Å². The van der Waals surface area contributed by atoms with Gasteiger partial charge in [-0.25, -0.2) is 0 Å². The van der Waals surface area contributed by atoms with Crippen LogP contribution in [-0.4, -0.2) is 16.8 Å². The summed E-state index contributed by atoms with van der Waals surface area (Å²) in [6.07, 6.45) is 3.08. The fourth-order valence-electron chi connectivity index (χ4n) is 1.28. The van der Waals surface area contributed by atoms with Crippen molar-refractivity contribution in [3.63, 3.8) is 0 Å². The Morgan fingerprint density at radius 1 is 1.62 bits per heavy atom. The van der Waals surface area contributed by atoms with Crippen LogP contribution in [0.25, 0.3) is 0 Å². The van der Waals surface area contributed by atoms with E-state index in [4.69, 9.17) is 0 Å². The molecule has 0 saturated heterocycles. The predicted molar refractivity (Wildman–Crippen MR) is 54.4 cm³/mol. The van der Waals surface area contributed by atoms with Crippen LogP contribution in [0.5, 0.6) is 0 Å². The Hall–Kier alpha value is -0.830. The highest BCUT2D eigenvalue weighted by atomic mass is 15.3. The Bertz CT molecular complexity index is 242. The van der Waals surface area contributed by atoms with E-state index in [0.717, 1.165) is 13.1 Å². The first-order chi connectivity index (χ1) is 6.27. The molecule has 74 valence electrons. The Kier molecular flexibility index (Phi) is 3.96. The van der Waals surface area contributed by atoms with Gasteiger partial charge in [-0.2, -0.15) is 5.10 Å². The summed E-state index contributed by atoms with van der Waals surface area (Å²) in [4.78, 5) is 0. The first kappa shape index (κ1) is 10.3. The maximum Gasteiger partial charge on any atom is 0.0522 e. The average Bonchev–Trinajstić information content (AvgIpc) is 2.54. The molecule has 1 aromatic rings. The van der Waals surface area contributed by atoms with E-state index in [1.165, 1.54) is 12.1 Å². The van der Waals surface area contributed by atoms with Gasteiger partial charge < -0.3 is 5.32 Å². The number of hydrogen-bond donors (Lipinski definition) is 1. The number of hydrogen-bond acceptors (Lipinski definition) is 2. The second-order valence-corrected chi connectivity index (χ2v) is 3.55. The van der Waals surface area contributed by atoms with Gasteiger partial charge in [-0.3, -0.25) is 4.68 Å². The number of nitrogens with zero attached hydrogens (tertiary/aromatic N) is 2. The number of rotatable bonds is 5. The fourth-order valence-corrected chi connectivity index (χ4v) is 1.28. The molecule has 0 bridgehead atoms. The normalized spacial score (nSPS) is 13.2. The van der Waals surface area contributed by atoms with E-state index < -0.39 is 0 Å². The van der Waals surface area contributed by atoms with E-state index in [1.54, 1.807) is 0 Å². The highest BCUT2D eigenvalue weighted by Crippen LogP contribution is 2.07. The molecule has 1 aromatic heterocycles. The minimum atomic E-state index is 0.704. The average molecular weight is 181 g/mol. The summed E-state index contributed by atoms with van der Waals surface area (Å²) in [6.45, 7) is 6.40. The molecule has 1 rings (SSSR count). The molecule has 0 aliphatic heterocycles. The molecular formula is C10H19N3. The molecule has 3 heteroatoms. The third-order valence-electron chi connectivity index (χ3n) is 2.34. The Morgan fingerprint density at radius 3 is 3.00 bits per heavy atom. The molecular weight excluding hydrogens is 162 g/mol. The minimum absolute atomic E-state index is 0.704. The zero-order chi connectivity index (χ0) is 9.68. The molecule has 0 saturated carbocycles. The van der Waals surface area contributed by atoms with Crippen LogP contribution in [0, 0.1) is 5.92 Å². The zero-order valence-electron chi connectivity index (χ0n) is 8.75. The highest BCUT2D eigenvalue weighted by Gasteiger charge is 2.04. The van der Waals surface area contributed by atoms with Crippen LogP contribution in [0.4, 0.5) is 0 Å². The number of aromatic nitrogens is 2. The van der Waals surface area contributed by atoms with Crippen molar-refractivity contribution in [2.24, 2.45) is 5.92 Å². The van der Waals surface area contributed by atoms with E-state index in [1.807, 2.05) is 13.2 Å². The van der Waals surface area contributed by atoms with Gasteiger partial charge in [0.15, 0.2) is 0 Å². The van der Waals surface area contributed by atoms with Gasteiger partial charge in [0.05, 0.1) is 5.69 Å². The second kappa shape index (κ2) is 5.02. The van der Waals surface area contributed by atoms with Crippen LogP contribution >= 0.6 is 0 Å². The minimum Gasteiger partial charge on any atom is -0.314 e. The first-order valence-electron chi connectivity index (χ1n) is 4.93. The molecule has 3 nitrogen and oxygen atoms in total. The monoisotopic (exact) mass is 181 g/mol. The summed E-state index contributed by atoms with van der Waals surface area (Å²) in [5.74, 6) is 0.704. The lowest BCUT2D eigenvalue weighted by Crippen LogP contribution is -2.15. The third kappa shape index (κ3) is 2.84. The molecule has 0 fully saturated rings. The second-order valence-electron chi connectivity index (χ2n) is 3.55. The maximum atomic E-state index is 4.30. The topological polar surface area (TPSA) is 29.9 Å². The van der Waals surface area contributed by atoms with E-state index in [2.05, 4.69) is 35.0 Å². The molecule has 0 aromatic carbocycles. The van der Waals surface area contributed by atoms with Gasteiger partial charge in [-0.1, -0.05) is 20.3 Å². The van der Waals surface area contributed by atoms with Crippen LogP contribution in [0.15, 0.2) is 12.3 Å². The lowest BCUT2D eigenvalue weighted by atomic mass is 10.1. The van der Waals surface area contributed by atoms with Crippen LogP contribution < -0.4 is 5.32 Å². The molecule has 1 N–H and O–H groups in total. The molecule has 13 heavy (non-hydrogen) atoms. The molecule has 0 radical (unpaired) electrons. The van der Waals surface area contributed by atoms with Crippen LogP contribution in [0.2, 0.25) is 0 Å². The van der Waals surface area contributed by atoms with E-state index >= 15 is 0 Å². The summed E-state index contributed by atoms with van der Waals surface area (Å²) in [5, 5.41) is 7.44. The van der Waals surface area contributed by atoms with Crippen LogP contribution in [0.1, 0.15) is 26.0 Å². The van der Waals surface area contributed by atoms with E-state index in [-0.39, 0.29) is 0 Å². The van der Waals surface area contributed by atoms with Crippen LogP contribution in [-0.2, 0) is 13.1 Å². The summed E-state index contributed by atoms with van der Waals surface area (Å²) >= 11 is 0. The lowest BCUT2D eigenvalue weighted by Gasteiger charge is -2.11. The molecule has 1 heterocycles. The van der Waals surface area contributed by atoms with Crippen molar-refractivity contribution in [2.45, 2.75) is 33.4 Å². The standard InChI is InChI=1S/C10H19N3/c1-4-9(2)8-13-10(7-11-3)5-6-12-13/h5-6,9,11H,4,7-8H2,1-3H3. The van der Waals surface area contributed by atoms with Crippen molar-refractivity contribution in [3.05, 3.63) is 18.0 Å². The zero-order valence-corrected chi connectivity index (χ0v) is 8.75. The Morgan fingerprint density at radius 2 is 2.38 bits per heavy atom. The highest BCUT2D eigenvalue weighted by molar-refractivity contribution is 4.99. The smallest absolute Gasteiger partial charge is 0.0522 e. The van der Waals surface area contributed by atoms with E-state index in [0.29, 0.717) is 5.92 Å². The van der Waals surface area contributed by atoms with E-state index in [9.17, 15) is 0 Å². The largest absolute Gasteiger partial charge is 0.314 e. The fraction of sp³-hybridized carbons (Fsp3) is 0.700. The predicted octanol–water partition coefficient (Wildman–Crippen LogP) is 1.65. The van der Waals surface area contributed by atoms with Gasteiger partial charge >= 0.3 is 0 Å². The quantitative estimate of drug-likeness (QED) is 0.748. The van der Waals surface area contributed by atoms with Gasteiger partial charge in [0.2, 0.25) is 0 Å². The first-order valence-corrected chi connectivity index (χ1v) is 4.93. The van der Waals surface area contributed by atoms with Crippen molar-refractivity contribution < 1.29 is 0 Å². The Balaban J connectivity index is 2.59. The molecule has 0 aliphatic rings. The molecule has 0 amide bonds.